The number of hydrogen-bond acceptors (Lipinski definition) is 5. The molecule has 2 rings (SSSR count). The Morgan fingerprint density at radius 2 is 1.76 bits per heavy atom. The fourth-order valence-corrected chi connectivity index (χ4v) is 6.76. The van der Waals surface area contributed by atoms with Gasteiger partial charge in [-0.05, 0) is 36.7 Å². The van der Waals surface area contributed by atoms with E-state index in [9.17, 15) is 14.7 Å². The molecule has 120 valence electrons. The van der Waals surface area contributed by atoms with Gasteiger partial charge in [-0.15, -0.1) is 23.5 Å². The highest BCUT2D eigenvalue weighted by Crippen LogP contribution is 2.50. The molecule has 0 amide bonds. The van der Waals surface area contributed by atoms with E-state index in [1.54, 1.807) is 23.5 Å². The van der Waals surface area contributed by atoms with Gasteiger partial charge in [-0.1, -0.05) is 26.7 Å². The molecule has 2 fully saturated rings. The minimum atomic E-state index is -0.459. The van der Waals surface area contributed by atoms with Crippen LogP contribution in [0.2, 0.25) is 0 Å². The van der Waals surface area contributed by atoms with Crippen molar-refractivity contribution in [2.45, 2.75) is 62.6 Å². The number of hydrogen-bond donors (Lipinski definition) is 1. The topological polar surface area (TPSA) is 54.4 Å². The zero-order chi connectivity index (χ0) is 15.5. The lowest BCUT2D eigenvalue weighted by molar-refractivity contribution is -0.136. The Morgan fingerprint density at radius 1 is 1.14 bits per heavy atom. The van der Waals surface area contributed by atoms with E-state index in [-0.39, 0.29) is 35.9 Å². The molecule has 3 nitrogen and oxygen atoms in total. The maximum atomic E-state index is 12.5. The molecular formula is C16H26O3S2. The van der Waals surface area contributed by atoms with Gasteiger partial charge >= 0.3 is 0 Å². The maximum absolute atomic E-state index is 12.5. The molecule has 2 saturated carbocycles. The average Bonchev–Trinajstić information content (AvgIpc) is 2.44. The molecule has 0 aromatic rings. The van der Waals surface area contributed by atoms with Crippen molar-refractivity contribution in [3.8, 4) is 0 Å². The number of carbonyl (C=O) groups is 2. The van der Waals surface area contributed by atoms with Gasteiger partial charge in [0.25, 0.3) is 0 Å². The first-order chi connectivity index (χ1) is 10.0. The third kappa shape index (κ3) is 3.67. The van der Waals surface area contributed by atoms with E-state index in [0.717, 1.165) is 37.2 Å². The molecule has 21 heavy (non-hydrogen) atoms. The molecular weight excluding hydrogens is 304 g/mol. The van der Waals surface area contributed by atoms with Gasteiger partial charge < -0.3 is 5.11 Å². The number of aliphatic hydroxyl groups is 1. The molecule has 0 spiro atoms. The lowest BCUT2D eigenvalue weighted by Crippen LogP contribution is -2.48. The van der Waals surface area contributed by atoms with Crippen molar-refractivity contribution in [3.63, 3.8) is 0 Å². The maximum Gasteiger partial charge on any atom is 0.166 e. The second-order valence-corrected chi connectivity index (χ2v) is 9.40. The summed E-state index contributed by atoms with van der Waals surface area (Å²) >= 11 is 3.37. The number of thioether (sulfide) groups is 2. The lowest BCUT2D eigenvalue weighted by atomic mass is 9.71. The summed E-state index contributed by atoms with van der Waals surface area (Å²) in [5, 5.41) is 10.3. The normalized spacial score (nSPS) is 33.2. The van der Waals surface area contributed by atoms with Gasteiger partial charge in [-0.2, -0.15) is 0 Å². The van der Waals surface area contributed by atoms with Gasteiger partial charge in [0.05, 0.1) is 12.5 Å². The Bertz CT molecular complexity index is 391. The molecule has 0 radical (unpaired) electrons. The van der Waals surface area contributed by atoms with Crippen LogP contribution in [-0.4, -0.2) is 38.4 Å². The summed E-state index contributed by atoms with van der Waals surface area (Å²) in [6.45, 7) is 4.13. The molecule has 3 atom stereocenters. The van der Waals surface area contributed by atoms with Crippen LogP contribution in [0.5, 0.6) is 0 Å². The number of rotatable bonds is 5. The van der Waals surface area contributed by atoms with Crippen LogP contribution in [0, 0.1) is 11.8 Å². The number of aliphatic hydroxyl groups excluding tert-OH is 1. The fourth-order valence-electron chi connectivity index (χ4n) is 3.73. The second kappa shape index (κ2) is 7.51. The molecule has 0 bridgehead atoms. The van der Waals surface area contributed by atoms with Gasteiger partial charge in [-0.3, -0.25) is 9.59 Å². The van der Waals surface area contributed by atoms with Crippen LogP contribution in [0.25, 0.3) is 0 Å². The van der Waals surface area contributed by atoms with Crippen molar-refractivity contribution in [2.24, 2.45) is 11.8 Å². The smallest absolute Gasteiger partial charge is 0.166 e. The SMILES string of the molecule is CCSC1(SCC)CC([C@@H]2CCCC[C@@H]2O)C(=O)CC1=O. The van der Waals surface area contributed by atoms with E-state index in [2.05, 4.69) is 13.8 Å². The first kappa shape index (κ1) is 17.4. The van der Waals surface area contributed by atoms with E-state index in [4.69, 9.17) is 0 Å². The van der Waals surface area contributed by atoms with Crippen molar-refractivity contribution in [1.82, 2.24) is 0 Å². The third-order valence-corrected chi connectivity index (χ3v) is 7.72. The molecule has 1 N–H and O–H groups in total. The number of Topliss-reactive ketones (excluding diaryl/α,β-unsaturated/α-hetero) is 2. The standard InChI is InChI=1S/C16H26O3S2/c1-3-20-16(21-4-2)10-12(14(18)9-15(16)19)11-7-5-6-8-13(11)17/h11-13,17H,3-10H2,1-2H3/t11-,12?,13-/m0/s1. The third-order valence-electron chi connectivity index (χ3n) is 4.72. The van der Waals surface area contributed by atoms with Crippen molar-refractivity contribution < 1.29 is 14.7 Å². The van der Waals surface area contributed by atoms with Crippen LogP contribution < -0.4 is 0 Å². The molecule has 0 aromatic carbocycles. The van der Waals surface area contributed by atoms with Gasteiger partial charge in [-0.25, -0.2) is 0 Å². The Labute approximate surface area is 136 Å². The zero-order valence-electron chi connectivity index (χ0n) is 13.0. The van der Waals surface area contributed by atoms with Crippen LogP contribution in [-0.2, 0) is 9.59 Å². The summed E-state index contributed by atoms with van der Waals surface area (Å²) in [5.74, 6) is 1.85. The van der Waals surface area contributed by atoms with Gasteiger partial charge in [0.15, 0.2) is 5.78 Å². The molecule has 0 saturated heterocycles. The van der Waals surface area contributed by atoms with E-state index in [0.29, 0.717) is 6.42 Å². The summed E-state index contributed by atoms with van der Waals surface area (Å²) in [6, 6.07) is 0. The Kier molecular flexibility index (Phi) is 6.21. The van der Waals surface area contributed by atoms with Crippen molar-refractivity contribution in [2.75, 3.05) is 11.5 Å². The highest BCUT2D eigenvalue weighted by Gasteiger charge is 2.50. The molecule has 2 aliphatic carbocycles. The monoisotopic (exact) mass is 330 g/mol. The molecule has 0 aromatic heterocycles. The Hall–Kier alpha value is -0.000000000000000111. The summed E-state index contributed by atoms with van der Waals surface area (Å²) in [7, 11) is 0. The number of ketones is 2. The van der Waals surface area contributed by atoms with Gasteiger partial charge in [0, 0.05) is 5.92 Å². The zero-order valence-corrected chi connectivity index (χ0v) is 14.6. The van der Waals surface area contributed by atoms with Crippen LogP contribution in [0.15, 0.2) is 0 Å². The van der Waals surface area contributed by atoms with Crippen LogP contribution in [0.4, 0.5) is 0 Å². The van der Waals surface area contributed by atoms with Crippen LogP contribution in [0.3, 0.4) is 0 Å². The van der Waals surface area contributed by atoms with Crippen molar-refractivity contribution in [3.05, 3.63) is 0 Å². The Balaban J connectivity index is 2.21. The largest absolute Gasteiger partial charge is 0.393 e. The molecule has 0 aliphatic heterocycles. The minimum absolute atomic E-state index is 0.0634. The van der Waals surface area contributed by atoms with E-state index in [1.807, 2.05) is 0 Å². The number of carbonyl (C=O) groups excluding carboxylic acids is 2. The highest BCUT2D eigenvalue weighted by atomic mass is 32.2. The fraction of sp³-hybridized carbons (Fsp3) is 0.875. The predicted molar refractivity (Wildman–Crippen MR) is 89.7 cm³/mol. The first-order valence-electron chi connectivity index (χ1n) is 8.06. The highest BCUT2D eigenvalue weighted by molar-refractivity contribution is 8.19. The van der Waals surface area contributed by atoms with Gasteiger partial charge in [0.2, 0.25) is 0 Å². The van der Waals surface area contributed by atoms with Crippen LogP contribution in [0.1, 0.15) is 52.4 Å². The first-order valence-corrected chi connectivity index (χ1v) is 10.0. The summed E-state index contributed by atoms with van der Waals surface area (Å²) in [4.78, 5) is 24.9. The minimum Gasteiger partial charge on any atom is -0.393 e. The van der Waals surface area contributed by atoms with Crippen molar-refractivity contribution in [1.29, 1.82) is 0 Å². The molecule has 1 unspecified atom stereocenters. The van der Waals surface area contributed by atoms with Gasteiger partial charge in [0.1, 0.15) is 9.86 Å². The Morgan fingerprint density at radius 3 is 2.33 bits per heavy atom. The summed E-state index contributed by atoms with van der Waals surface area (Å²) < 4.78 is -0.459. The van der Waals surface area contributed by atoms with E-state index >= 15 is 0 Å². The van der Waals surface area contributed by atoms with E-state index < -0.39 is 4.08 Å². The predicted octanol–water partition coefficient (Wildman–Crippen LogP) is 3.29. The molecule has 0 heterocycles. The second-order valence-electron chi connectivity index (χ2n) is 6.01. The lowest BCUT2D eigenvalue weighted by Gasteiger charge is -2.42. The van der Waals surface area contributed by atoms with Crippen molar-refractivity contribution >= 4 is 35.1 Å². The average molecular weight is 331 g/mol. The van der Waals surface area contributed by atoms with E-state index in [1.165, 1.54) is 0 Å². The molecule has 5 heteroatoms. The summed E-state index contributed by atoms with van der Waals surface area (Å²) in [6.07, 6.45) is 4.19. The molecule has 2 aliphatic rings. The van der Waals surface area contributed by atoms with Crippen LogP contribution >= 0.6 is 23.5 Å². The quantitative estimate of drug-likeness (QED) is 0.619. The summed E-state index contributed by atoms with van der Waals surface area (Å²) in [5.41, 5.74) is 0.